The highest BCUT2D eigenvalue weighted by molar-refractivity contribution is 7.18. The van der Waals surface area contributed by atoms with E-state index in [1.165, 1.54) is 66.7 Å². The first kappa shape index (κ1) is 12.8. The van der Waals surface area contributed by atoms with Crippen LogP contribution in [0.15, 0.2) is 24.3 Å². The fraction of sp³-hybridized carbons (Fsp3) is 0.588. The van der Waals surface area contributed by atoms with Crippen LogP contribution >= 0.6 is 11.3 Å². The normalized spacial score (nSPS) is 21.6. The van der Waals surface area contributed by atoms with Gasteiger partial charge in [-0.15, -0.1) is 11.3 Å². The van der Waals surface area contributed by atoms with E-state index in [1.54, 1.807) is 0 Å². The summed E-state index contributed by atoms with van der Waals surface area (Å²) in [7, 11) is 0. The van der Waals surface area contributed by atoms with Crippen molar-refractivity contribution in [3.05, 3.63) is 29.3 Å². The van der Waals surface area contributed by atoms with Gasteiger partial charge in [0.05, 0.1) is 15.2 Å². The van der Waals surface area contributed by atoms with Gasteiger partial charge in [-0.05, 0) is 43.2 Å². The number of thiazole rings is 1. The Morgan fingerprint density at radius 3 is 2.75 bits per heavy atom. The summed E-state index contributed by atoms with van der Waals surface area (Å²) in [6.07, 6.45) is 9.50. The minimum atomic E-state index is 0.483. The molecule has 0 amide bonds. The molecule has 0 unspecified atom stereocenters. The fourth-order valence-corrected chi connectivity index (χ4v) is 4.65. The van der Waals surface area contributed by atoms with E-state index in [1.807, 2.05) is 11.3 Å². The van der Waals surface area contributed by atoms with E-state index in [0.717, 1.165) is 6.04 Å². The average molecular weight is 286 g/mol. The molecule has 2 fully saturated rings. The molecule has 4 rings (SSSR count). The van der Waals surface area contributed by atoms with Crippen LogP contribution in [0.4, 0.5) is 0 Å². The van der Waals surface area contributed by atoms with Gasteiger partial charge in [0.2, 0.25) is 0 Å². The molecule has 0 spiro atoms. The monoisotopic (exact) mass is 286 g/mol. The van der Waals surface area contributed by atoms with Crippen LogP contribution in [-0.2, 0) is 6.42 Å². The largest absolute Gasteiger partial charge is 0.313 e. The van der Waals surface area contributed by atoms with Gasteiger partial charge in [0.1, 0.15) is 0 Å². The molecule has 1 N–H and O–H groups in total. The van der Waals surface area contributed by atoms with Crippen molar-refractivity contribution in [2.75, 3.05) is 6.54 Å². The van der Waals surface area contributed by atoms with Crippen molar-refractivity contribution in [1.29, 1.82) is 0 Å². The number of hydrogen-bond donors (Lipinski definition) is 1. The lowest BCUT2D eigenvalue weighted by atomic mass is 9.83. The van der Waals surface area contributed by atoms with E-state index >= 15 is 0 Å². The maximum Gasteiger partial charge on any atom is 0.0944 e. The quantitative estimate of drug-likeness (QED) is 0.893. The molecule has 0 radical (unpaired) electrons. The second-order valence-corrected chi connectivity index (χ2v) is 7.73. The molecule has 1 aromatic heterocycles. The number of benzene rings is 1. The Kier molecular flexibility index (Phi) is 3.27. The van der Waals surface area contributed by atoms with E-state index in [-0.39, 0.29) is 0 Å². The number of aromatic nitrogens is 1. The molecule has 2 aliphatic rings. The van der Waals surface area contributed by atoms with Gasteiger partial charge in [-0.2, -0.15) is 0 Å². The zero-order valence-corrected chi connectivity index (χ0v) is 12.7. The number of hydrogen-bond acceptors (Lipinski definition) is 3. The van der Waals surface area contributed by atoms with E-state index < -0.39 is 0 Å². The van der Waals surface area contributed by atoms with E-state index in [4.69, 9.17) is 4.98 Å². The smallest absolute Gasteiger partial charge is 0.0944 e. The lowest BCUT2D eigenvalue weighted by Gasteiger charge is -2.28. The predicted molar refractivity (Wildman–Crippen MR) is 85.2 cm³/mol. The molecule has 2 aliphatic carbocycles. The summed E-state index contributed by atoms with van der Waals surface area (Å²) in [4.78, 5) is 4.85. The standard InChI is InChI=1S/C17H22N2S/c1-2-6-15-14(5-1)19-16(20-15)11-17(9-3-4-10-17)12-18-13-7-8-13/h1-2,5-6,13,18H,3-4,7-12H2. The van der Waals surface area contributed by atoms with Crippen molar-refractivity contribution < 1.29 is 0 Å². The third kappa shape index (κ3) is 2.61. The maximum absolute atomic E-state index is 4.85. The van der Waals surface area contributed by atoms with Crippen LogP contribution in [-0.4, -0.2) is 17.6 Å². The number of para-hydroxylation sites is 1. The molecule has 1 heterocycles. The third-order valence-corrected chi connectivity index (χ3v) is 5.91. The zero-order chi connectivity index (χ0) is 13.4. The van der Waals surface area contributed by atoms with E-state index in [0.29, 0.717) is 5.41 Å². The van der Waals surface area contributed by atoms with Crippen LogP contribution in [0.1, 0.15) is 43.5 Å². The molecule has 0 aliphatic heterocycles. The molecule has 1 aromatic carbocycles. The van der Waals surface area contributed by atoms with E-state index in [9.17, 15) is 0 Å². The summed E-state index contributed by atoms with van der Waals surface area (Å²) >= 11 is 1.89. The van der Waals surface area contributed by atoms with Crippen molar-refractivity contribution in [2.45, 2.75) is 51.0 Å². The van der Waals surface area contributed by atoms with Gasteiger partial charge in [-0.1, -0.05) is 25.0 Å². The molecular formula is C17H22N2S. The van der Waals surface area contributed by atoms with Gasteiger partial charge in [0, 0.05) is 19.0 Å². The number of rotatable bonds is 5. The Bertz CT molecular complexity index is 561. The number of nitrogens with one attached hydrogen (secondary N) is 1. The fourth-order valence-electron chi connectivity index (χ4n) is 3.51. The summed E-state index contributed by atoms with van der Waals surface area (Å²) in [5, 5.41) is 5.11. The Morgan fingerprint density at radius 1 is 1.20 bits per heavy atom. The van der Waals surface area contributed by atoms with Crippen LogP contribution in [0.5, 0.6) is 0 Å². The second kappa shape index (κ2) is 5.12. The minimum Gasteiger partial charge on any atom is -0.313 e. The van der Waals surface area contributed by atoms with Crippen molar-refractivity contribution in [3.63, 3.8) is 0 Å². The minimum absolute atomic E-state index is 0.483. The Balaban J connectivity index is 1.53. The highest BCUT2D eigenvalue weighted by Gasteiger charge is 2.36. The highest BCUT2D eigenvalue weighted by atomic mass is 32.1. The molecular weight excluding hydrogens is 264 g/mol. The molecule has 0 bridgehead atoms. The van der Waals surface area contributed by atoms with E-state index in [2.05, 4.69) is 29.6 Å². The van der Waals surface area contributed by atoms with Crippen LogP contribution in [0.2, 0.25) is 0 Å². The molecule has 20 heavy (non-hydrogen) atoms. The molecule has 2 nitrogen and oxygen atoms in total. The summed E-state index contributed by atoms with van der Waals surface area (Å²) in [6, 6.07) is 9.36. The highest BCUT2D eigenvalue weighted by Crippen LogP contribution is 2.42. The first-order chi connectivity index (χ1) is 9.83. The van der Waals surface area contributed by atoms with Crippen LogP contribution in [0, 0.1) is 5.41 Å². The zero-order valence-electron chi connectivity index (χ0n) is 11.9. The average Bonchev–Trinajstić information content (AvgIpc) is 3.03. The van der Waals surface area contributed by atoms with Crippen molar-refractivity contribution in [3.8, 4) is 0 Å². The van der Waals surface area contributed by atoms with Gasteiger partial charge in [-0.3, -0.25) is 0 Å². The van der Waals surface area contributed by atoms with Gasteiger partial charge in [-0.25, -0.2) is 4.98 Å². The van der Waals surface area contributed by atoms with Gasteiger partial charge in [0.15, 0.2) is 0 Å². The molecule has 2 aromatic rings. The summed E-state index contributed by atoms with van der Waals surface area (Å²) in [5.74, 6) is 0. The van der Waals surface area contributed by atoms with Gasteiger partial charge in [0.25, 0.3) is 0 Å². The molecule has 2 saturated carbocycles. The summed E-state index contributed by atoms with van der Waals surface area (Å²) in [5.41, 5.74) is 1.66. The molecule has 0 saturated heterocycles. The van der Waals surface area contributed by atoms with Crippen molar-refractivity contribution >= 4 is 21.6 Å². The Morgan fingerprint density at radius 2 is 2.00 bits per heavy atom. The lowest BCUT2D eigenvalue weighted by molar-refractivity contribution is 0.276. The first-order valence-electron chi connectivity index (χ1n) is 7.91. The van der Waals surface area contributed by atoms with Crippen LogP contribution in [0.3, 0.4) is 0 Å². The van der Waals surface area contributed by atoms with Gasteiger partial charge < -0.3 is 5.32 Å². The Hall–Kier alpha value is -0.930. The number of fused-ring (bicyclic) bond motifs is 1. The molecule has 0 atom stereocenters. The summed E-state index contributed by atoms with van der Waals surface area (Å²) in [6.45, 7) is 1.20. The maximum atomic E-state index is 4.85. The van der Waals surface area contributed by atoms with Crippen LogP contribution in [0.25, 0.3) is 10.2 Å². The van der Waals surface area contributed by atoms with Crippen molar-refractivity contribution in [2.24, 2.45) is 5.41 Å². The Labute approximate surface area is 124 Å². The van der Waals surface area contributed by atoms with Gasteiger partial charge >= 0.3 is 0 Å². The summed E-state index contributed by atoms with van der Waals surface area (Å²) < 4.78 is 1.34. The third-order valence-electron chi connectivity index (χ3n) is 4.87. The first-order valence-corrected chi connectivity index (χ1v) is 8.73. The topological polar surface area (TPSA) is 24.9 Å². The molecule has 3 heteroatoms. The number of nitrogens with zero attached hydrogens (tertiary/aromatic N) is 1. The lowest BCUT2D eigenvalue weighted by Crippen LogP contribution is -2.35. The van der Waals surface area contributed by atoms with Crippen LogP contribution < -0.4 is 5.32 Å². The molecule has 106 valence electrons. The SMILES string of the molecule is c1ccc2sc(CC3(CNC4CC4)CCCC3)nc2c1. The predicted octanol–water partition coefficient (Wildman–Crippen LogP) is 4.15. The second-order valence-electron chi connectivity index (χ2n) is 6.61. The van der Waals surface area contributed by atoms with Crippen molar-refractivity contribution in [1.82, 2.24) is 10.3 Å².